The summed E-state index contributed by atoms with van der Waals surface area (Å²) in [4.78, 5) is 14.8. The predicted molar refractivity (Wildman–Crippen MR) is 76.5 cm³/mol. The summed E-state index contributed by atoms with van der Waals surface area (Å²) in [7, 11) is 0. The maximum atomic E-state index is 12.6. The second-order valence-electron chi connectivity index (χ2n) is 5.07. The Morgan fingerprint density at radius 3 is 2.50 bits per heavy atom. The molecular weight excluding hydrogens is 317 g/mol. The number of nitrogens with two attached hydrogens (primary N) is 1. The summed E-state index contributed by atoms with van der Waals surface area (Å²) in [5.41, 5.74) is 4.58. The standard InChI is InChI=1S/C14H13F3N2O2S/c1-7-3-4-8(13(2,18)12(20)21)5-9(7)11-19-10(6-22-11)14(15,16)17/h3-6H,18H2,1-2H3,(H,20,21)/t13-/m1/s1. The molecular formula is C14H13F3N2O2S. The number of nitrogens with zero attached hydrogens (tertiary/aromatic N) is 1. The molecule has 22 heavy (non-hydrogen) atoms. The van der Waals surface area contributed by atoms with E-state index in [-0.39, 0.29) is 5.01 Å². The van der Waals surface area contributed by atoms with Crippen LogP contribution in [0.1, 0.15) is 23.7 Å². The van der Waals surface area contributed by atoms with Gasteiger partial charge in [-0.05, 0) is 31.0 Å². The lowest BCUT2D eigenvalue weighted by Crippen LogP contribution is -2.41. The lowest BCUT2D eigenvalue weighted by atomic mass is 9.90. The molecule has 1 atom stereocenters. The highest BCUT2D eigenvalue weighted by molar-refractivity contribution is 7.13. The third-order valence-electron chi connectivity index (χ3n) is 3.31. The number of carbonyl (C=O) groups is 1. The fourth-order valence-corrected chi connectivity index (χ4v) is 2.73. The number of thiazole rings is 1. The third kappa shape index (κ3) is 2.97. The zero-order valence-electron chi connectivity index (χ0n) is 11.7. The van der Waals surface area contributed by atoms with Gasteiger partial charge in [0.05, 0.1) is 0 Å². The molecule has 1 aromatic carbocycles. The Morgan fingerprint density at radius 2 is 2.00 bits per heavy atom. The van der Waals surface area contributed by atoms with Crippen LogP contribution in [0.3, 0.4) is 0 Å². The average molecular weight is 330 g/mol. The van der Waals surface area contributed by atoms with Crippen LogP contribution < -0.4 is 5.73 Å². The van der Waals surface area contributed by atoms with Crippen LogP contribution in [0.15, 0.2) is 23.6 Å². The first-order valence-electron chi connectivity index (χ1n) is 6.20. The molecule has 0 amide bonds. The van der Waals surface area contributed by atoms with Crippen LogP contribution in [0.5, 0.6) is 0 Å². The number of hydrogen-bond acceptors (Lipinski definition) is 4. The van der Waals surface area contributed by atoms with Crippen LogP contribution in [0.4, 0.5) is 13.2 Å². The molecule has 1 aromatic heterocycles. The van der Waals surface area contributed by atoms with E-state index in [2.05, 4.69) is 4.98 Å². The topological polar surface area (TPSA) is 76.2 Å². The molecule has 0 aliphatic heterocycles. The molecule has 4 nitrogen and oxygen atoms in total. The van der Waals surface area contributed by atoms with E-state index in [1.54, 1.807) is 19.1 Å². The molecule has 0 unspecified atom stereocenters. The number of halogens is 3. The van der Waals surface area contributed by atoms with E-state index in [9.17, 15) is 18.0 Å². The van der Waals surface area contributed by atoms with Crippen molar-refractivity contribution in [3.05, 3.63) is 40.4 Å². The van der Waals surface area contributed by atoms with Gasteiger partial charge >= 0.3 is 12.1 Å². The zero-order valence-corrected chi connectivity index (χ0v) is 12.5. The molecule has 1 heterocycles. The Bertz CT molecular complexity index is 723. The third-order valence-corrected chi connectivity index (χ3v) is 4.18. The number of hydrogen-bond donors (Lipinski definition) is 2. The van der Waals surface area contributed by atoms with E-state index >= 15 is 0 Å². The van der Waals surface area contributed by atoms with Gasteiger partial charge in [0, 0.05) is 10.9 Å². The molecule has 0 saturated carbocycles. The van der Waals surface area contributed by atoms with Crippen molar-refractivity contribution < 1.29 is 23.1 Å². The van der Waals surface area contributed by atoms with E-state index in [1.807, 2.05) is 0 Å². The van der Waals surface area contributed by atoms with Gasteiger partial charge in [0.1, 0.15) is 10.5 Å². The van der Waals surface area contributed by atoms with Crippen molar-refractivity contribution in [1.82, 2.24) is 4.98 Å². The molecule has 0 aliphatic rings. The van der Waals surface area contributed by atoms with Crippen molar-refractivity contribution in [2.24, 2.45) is 5.73 Å². The number of aryl methyl sites for hydroxylation is 1. The zero-order chi connectivity index (χ0) is 16.7. The quantitative estimate of drug-likeness (QED) is 0.904. The summed E-state index contributed by atoms with van der Waals surface area (Å²) in [6.07, 6.45) is -4.51. The molecule has 0 saturated heterocycles. The summed E-state index contributed by atoms with van der Waals surface area (Å²) < 4.78 is 37.9. The van der Waals surface area contributed by atoms with E-state index in [4.69, 9.17) is 10.8 Å². The van der Waals surface area contributed by atoms with Gasteiger partial charge in [-0.3, -0.25) is 0 Å². The largest absolute Gasteiger partial charge is 0.480 e. The van der Waals surface area contributed by atoms with Gasteiger partial charge in [0.25, 0.3) is 0 Å². The van der Waals surface area contributed by atoms with Crippen LogP contribution in [0.2, 0.25) is 0 Å². The molecule has 0 radical (unpaired) electrons. The number of rotatable bonds is 3. The summed E-state index contributed by atoms with van der Waals surface area (Å²) in [5.74, 6) is -1.22. The minimum absolute atomic E-state index is 0.174. The van der Waals surface area contributed by atoms with Crippen molar-refractivity contribution in [2.75, 3.05) is 0 Å². The highest BCUT2D eigenvalue weighted by atomic mass is 32.1. The average Bonchev–Trinajstić information content (AvgIpc) is 2.88. The van der Waals surface area contributed by atoms with Crippen molar-refractivity contribution in [2.45, 2.75) is 25.6 Å². The maximum Gasteiger partial charge on any atom is 0.434 e. The molecule has 0 spiro atoms. The second kappa shape index (κ2) is 5.36. The van der Waals surface area contributed by atoms with Crippen LogP contribution in [0, 0.1) is 6.92 Å². The number of carboxylic acid groups (broad SMARTS) is 1. The Labute approximate surface area is 128 Å². The molecule has 0 fully saturated rings. The molecule has 0 bridgehead atoms. The predicted octanol–water partition coefficient (Wildman–Crippen LogP) is 3.40. The van der Waals surface area contributed by atoms with Crippen LogP contribution in [-0.2, 0) is 16.5 Å². The molecule has 3 N–H and O–H groups in total. The molecule has 8 heteroatoms. The van der Waals surface area contributed by atoms with E-state index < -0.39 is 23.4 Å². The van der Waals surface area contributed by atoms with Gasteiger partial charge in [0.2, 0.25) is 0 Å². The summed E-state index contributed by atoms with van der Waals surface area (Å²) in [6.45, 7) is 3.04. The fourth-order valence-electron chi connectivity index (χ4n) is 1.83. The number of aliphatic carboxylic acids is 1. The van der Waals surface area contributed by atoms with Crippen LogP contribution in [-0.4, -0.2) is 16.1 Å². The van der Waals surface area contributed by atoms with Crippen LogP contribution in [0.25, 0.3) is 10.6 Å². The van der Waals surface area contributed by atoms with Gasteiger partial charge in [-0.25, -0.2) is 9.78 Å². The monoisotopic (exact) mass is 330 g/mol. The number of alkyl halides is 3. The van der Waals surface area contributed by atoms with Crippen LogP contribution >= 0.6 is 11.3 Å². The minimum atomic E-state index is -4.51. The Kier molecular flexibility index (Phi) is 4.01. The Hall–Kier alpha value is -1.93. The van der Waals surface area contributed by atoms with E-state index in [0.717, 1.165) is 16.7 Å². The van der Waals surface area contributed by atoms with Gasteiger partial charge in [-0.1, -0.05) is 12.1 Å². The normalized spacial score (nSPS) is 14.6. The fraction of sp³-hybridized carbons (Fsp3) is 0.286. The SMILES string of the molecule is Cc1ccc([C@@](C)(N)C(=O)O)cc1-c1nc(C(F)(F)F)cs1. The lowest BCUT2D eigenvalue weighted by molar-refractivity contribution is -0.143. The molecule has 2 aromatic rings. The summed E-state index contributed by atoms with van der Waals surface area (Å²) >= 11 is 0.852. The smallest absolute Gasteiger partial charge is 0.434 e. The van der Waals surface area contributed by atoms with Crippen molar-refractivity contribution in [1.29, 1.82) is 0 Å². The first-order chi connectivity index (χ1) is 10.0. The van der Waals surface area contributed by atoms with Gasteiger partial charge in [0.15, 0.2) is 5.69 Å². The van der Waals surface area contributed by atoms with Gasteiger partial charge < -0.3 is 10.8 Å². The number of carboxylic acids is 1. The number of benzene rings is 1. The van der Waals surface area contributed by atoms with Crippen molar-refractivity contribution in [3.8, 4) is 10.6 Å². The van der Waals surface area contributed by atoms with Crippen molar-refractivity contribution in [3.63, 3.8) is 0 Å². The Balaban J connectivity index is 2.52. The first kappa shape index (κ1) is 16.4. The first-order valence-corrected chi connectivity index (χ1v) is 7.08. The van der Waals surface area contributed by atoms with Crippen molar-refractivity contribution >= 4 is 17.3 Å². The maximum absolute atomic E-state index is 12.6. The number of aromatic nitrogens is 1. The van der Waals surface area contributed by atoms with Gasteiger partial charge in [-0.2, -0.15) is 13.2 Å². The second-order valence-corrected chi connectivity index (χ2v) is 5.93. The lowest BCUT2D eigenvalue weighted by Gasteiger charge is -2.20. The minimum Gasteiger partial charge on any atom is -0.480 e. The summed E-state index contributed by atoms with van der Waals surface area (Å²) in [6, 6.07) is 4.64. The van der Waals surface area contributed by atoms with E-state index in [0.29, 0.717) is 16.7 Å². The molecule has 2 rings (SSSR count). The Morgan fingerprint density at radius 1 is 1.36 bits per heavy atom. The van der Waals surface area contributed by atoms with E-state index in [1.165, 1.54) is 13.0 Å². The highest BCUT2D eigenvalue weighted by Gasteiger charge is 2.34. The molecule has 118 valence electrons. The van der Waals surface area contributed by atoms with Gasteiger partial charge in [-0.15, -0.1) is 11.3 Å². The summed E-state index contributed by atoms with van der Waals surface area (Å²) in [5, 5.41) is 10.3. The molecule has 0 aliphatic carbocycles. The highest BCUT2D eigenvalue weighted by Crippen LogP contribution is 2.35.